The molecule has 0 saturated carbocycles. The summed E-state index contributed by atoms with van der Waals surface area (Å²) >= 11 is 0. The first-order valence-corrected chi connectivity index (χ1v) is 8.13. The van der Waals surface area contributed by atoms with Crippen molar-refractivity contribution < 1.29 is 14.3 Å². The Labute approximate surface area is 140 Å². The number of hydrogen-bond donors (Lipinski definition) is 0. The molecule has 2 aliphatic heterocycles. The third kappa shape index (κ3) is 2.53. The largest absolute Gasteiger partial charge is 0.380 e. The lowest BCUT2D eigenvalue weighted by Crippen LogP contribution is -2.55. The Morgan fingerprint density at radius 3 is 2.88 bits per heavy atom. The van der Waals surface area contributed by atoms with Crippen LogP contribution < -0.4 is 0 Å². The van der Waals surface area contributed by atoms with E-state index in [4.69, 9.17) is 4.74 Å². The summed E-state index contributed by atoms with van der Waals surface area (Å²) in [6, 6.07) is 11.3. The highest BCUT2D eigenvalue weighted by Gasteiger charge is 2.41. The van der Waals surface area contributed by atoms with E-state index in [1.807, 2.05) is 35.2 Å². The maximum atomic E-state index is 12.8. The number of benzene rings is 1. The highest BCUT2D eigenvalue weighted by Crippen LogP contribution is 2.25. The Bertz CT molecular complexity index is 807. The zero-order chi connectivity index (χ0) is 16.7. The number of hydrogen-bond acceptors (Lipinski definition) is 4. The summed E-state index contributed by atoms with van der Waals surface area (Å²) in [5.74, 6) is -0.199. The predicted molar refractivity (Wildman–Crippen MR) is 88.6 cm³/mol. The van der Waals surface area contributed by atoms with Gasteiger partial charge in [0.05, 0.1) is 17.7 Å². The van der Waals surface area contributed by atoms with Crippen molar-refractivity contribution in [2.75, 3.05) is 26.7 Å². The van der Waals surface area contributed by atoms with E-state index in [0.29, 0.717) is 18.8 Å². The van der Waals surface area contributed by atoms with Crippen molar-refractivity contribution in [1.82, 2.24) is 14.8 Å². The number of rotatable bonds is 2. The van der Waals surface area contributed by atoms with Crippen molar-refractivity contribution in [2.24, 2.45) is 0 Å². The van der Waals surface area contributed by atoms with Crippen LogP contribution in [0.15, 0.2) is 36.4 Å². The summed E-state index contributed by atoms with van der Waals surface area (Å²) in [7, 11) is 1.66. The Morgan fingerprint density at radius 1 is 1.21 bits per heavy atom. The zero-order valence-electron chi connectivity index (χ0n) is 13.5. The maximum absolute atomic E-state index is 12.8. The van der Waals surface area contributed by atoms with Crippen LogP contribution in [0.25, 0.3) is 10.9 Å². The van der Waals surface area contributed by atoms with Gasteiger partial charge in [-0.05, 0) is 18.6 Å². The molecule has 124 valence electrons. The van der Waals surface area contributed by atoms with Crippen LogP contribution >= 0.6 is 0 Å². The minimum Gasteiger partial charge on any atom is -0.380 e. The van der Waals surface area contributed by atoms with Crippen molar-refractivity contribution in [3.05, 3.63) is 42.1 Å². The van der Waals surface area contributed by atoms with Crippen LogP contribution in [-0.2, 0) is 9.53 Å². The van der Waals surface area contributed by atoms with Crippen LogP contribution in [0.4, 0.5) is 0 Å². The molecular formula is C18H19N3O3. The molecular weight excluding hydrogens is 306 g/mol. The summed E-state index contributed by atoms with van der Waals surface area (Å²) in [6.07, 6.45) is 0.838. The standard InChI is InChI=1S/C18H19N3O3/c1-24-14-8-13-9-20(11-17(22)21(13)10-14)18(23)16-7-6-12-4-2-3-5-15(12)19-16/h2-7,13-14H,8-11H2,1H3/t13-,14-/m0/s1. The fourth-order valence-corrected chi connectivity index (χ4v) is 3.60. The van der Waals surface area contributed by atoms with Crippen molar-refractivity contribution in [2.45, 2.75) is 18.6 Å². The Morgan fingerprint density at radius 2 is 2.04 bits per heavy atom. The lowest BCUT2D eigenvalue weighted by atomic mass is 10.1. The summed E-state index contributed by atoms with van der Waals surface area (Å²) in [5, 5.41) is 0.994. The Hall–Kier alpha value is -2.47. The van der Waals surface area contributed by atoms with Gasteiger partial charge in [0.1, 0.15) is 12.2 Å². The first kappa shape index (κ1) is 15.1. The smallest absolute Gasteiger partial charge is 0.273 e. The lowest BCUT2D eigenvalue weighted by Gasteiger charge is -2.36. The fourth-order valence-electron chi connectivity index (χ4n) is 3.60. The van der Waals surface area contributed by atoms with Gasteiger partial charge in [-0.1, -0.05) is 24.3 Å². The molecule has 0 aliphatic carbocycles. The Kier molecular flexibility index (Phi) is 3.69. The van der Waals surface area contributed by atoms with Crippen LogP contribution in [0.5, 0.6) is 0 Å². The summed E-state index contributed by atoms with van der Waals surface area (Å²) in [6.45, 7) is 1.27. The highest BCUT2D eigenvalue weighted by molar-refractivity contribution is 5.97. The van der Waals surface area contributed by atoms with Crippen molar-refractivity contribution in [3.63, 3.8) is 0 Å². The molecule has 2 aromatic rings. The molecule has 4 rings (SSSR count). The van der Waals surface area contributed by atoms with E-state index < -0.39 is 0 Å². The van der Waals surface area contributed by atoms with Crippen LogP contribution in [0.1, 0.15) is 16.9 Å². The molecule has 0 bridgehead atoms. The van der Waals surface area contributed by atoms with Crippen LogP contribution in [-0.4, -0.2) is 65.5 Å². The monoisotopic (exact) mass is 325 g/mol. The molecule has 0 radical (unpaired) electrons. The number of piperazine rings is 1. The van der Waals surface area contributed by atoms with Gasteiger partial charge in [0.15, 0.2) is 0 Å². The van der Waals surface area contributed by atoms with Gasteiger partial charge in [-0.15, -0.1) is 0 Å². The number of aromatic nitrogens is 1. The van der Waals surface area contributed by atoms with Gasteiger partial charge in [-0.2, -0.15) is 0 Å². The molecule has 3 heterocycles. The van der Waals surface area contributed by atoms with Crippen molar-refractivity contribution in [3.8, 4) is 0 Å². The number of nitrogens with zero attached hydrogens (tertiary/aromatic N) is 3. The topological polar surface area (TPSA) is 62.7 Å². The van der Waals surface area contributed by atoms with Gasteiger partial charge in [0.2, 0.25) is 5.91 Å². The highest BCUT2D eigenvalue weighted by atomic mass is 16.5. The van der Waals surface area contributed by atoms with E-state index in [1.165, 1.54) is 0 Å². The second kappa shape index (κ2) is 5.87. The van der Waals surface area contributed by atoms with E-state index in [1.54, 1.807) is 18.1 Å². The number of pyridine rings is 1. The first-order valence-electron chi connectivity index (χ1n) is 8.13. The molecule has 6 heteroatoms. The van der Waals surface area contributed by atoms with Gasteiger partial charge in [0.25, 0.3) is 5.91 Å². The van der Waals surface area contributed by atoms with Crippen LogP contribution in [0.3, 0.4) is 0 Å². The lowest BCUT2D eigenvalue weighted by molar-refractivity contribution is -0.136. The third-order valence-electron chi connectivity index (χ3n) is 4.89. The second-order valence-corrected chi connectivity index (χ2v) is 6.37. The molecule has 24 heavy (non-hydrogen) atoms. The first-order chi connectivity index (χ1) is 11.7. The fraction of sp³-hybridized carbons (Fsp3) is 0.389. The quantitative estimate of drug-likeness (QED) is 0.835. The Balaban J connectivity index is 1.56. The molecule has 1 aromatic heterocycles. The number of para-hydroxylation sites is 1. The molecule has 6 nitrogen and oxygen atoms in total. The molecule has 2 saturated heterocycles. The SMILES string of the molecule is CO[C@H]1C[C@H]2CN(C(=O)c3ccc4ccccc4n3)CC(=O)N2C1. The number of methoxy groups -OCH3 is 1. The molecule has 0 N–H and O–H groups in total. The normalized spacial score (nSPS) is 23.6. The maximum Gasteiger partial charge on any atom is 0.273 e. The van der Waals surface area contributed by atoms with Crippen molar-refractivity contribution >= 4 is 22.7 Å². The van der Waals surface area contributed by atoms with Gasteiger partial charge in [-0.3, -0.25) is 9.59 Å². The molecule has 1 aromatic carbocycles. The number of carbonyl (C=O) groups is 2. The molecule has 2 amide bonds. The van der Waals surface area contributed by atoms with E-state index in [-0.39, 0.29) is 30.5 Å². The minimum absolute atomic E-state index is 0.0139. The number of carbonyl (C=O) groups excluding carboxylic acids is 2. The zero-order valence-corrected chi connectivity index (χ0v) is 13.5. The van der Waals surface area contributed by atoms with E-state index in [9.17, 15) is 9.59 Å². The second-order valence-electron chi connectivity index (χ2n) is 6.37. The molecule has 2 fully saturated rings. The number of amides is 2. The third-order valence-corrected chi connectivity index (χ3v) is 4.89. The van der Waals surface area contributed by atoms with Crippen LogP contribution in [0, 0.1) is 0 Å². The summed E-state index contributed by atoms with van der Waals surface area (Å²) in [4.78, 5) is 33.0. The van der Waals surface area contributed by atoms with E-state index in [2.05, 4.69) is 4.98 Å². The molecule has 2 atom stereocenters. The van der Waals surface area contributed by atoms with Gasteiger partial charge in [0, 0.05) is 25.6 Å². The van der Waals surface area contributed by atoms with Gasteiger partial charge in [-0.25, -0.2) is 4.98 Å². The molecule has 0 unspecified atom stereocenters. The molecule has 2 aliphatic rings. The molecule has 0 spiro atoms. The predicted octanol–water partition coefficient (Wildman–Crippen LogP) is 1.31. The van der Waals surface area contributed by atoms with Crippen LogP contribution in [0.2, 0.25) is 0 Å². The minimum atomic E-state index is -0.186. The van der Waals surface area contributed by atoms with Crippen molar-refractivity contribution in [1.29, 1.82) is 0 Å². The summed E-state index contributed by atoms with van der Waals surface area (Å²) in [5.41, 5.74) is 1.17. The average molecular weight is 325 g/mol. The summed E-state index contributed by atoms with van der Waals surface area (Å²) < 4.78 is 5.37. The van der Waals surface area contributed by atoms with E-state index >= 15 is 0 Å². The van der Waals surface area contributed by atoms with E-state index in [0.717, 1.165) is 17.3 Å². The van der Waals surface area contributed by atoms with Gasteiger partial charge >= 0.3 is 0 Å². The number of ether oxygens (including phenoxy) is 1. The number of fused-ring (bicyclic) bond motifs is 2. The van der Waals surface area contributed by atoms with Gasteiger partial charge < -0.3 is 14.5 Å². The average Bonchev–Trinajstić information content (AvgIpc) is 3.04.